The molecular weight excluding hydrogens is 260 g/mol. The third-order valence-corrected chi connectivity index (χ3v) is 3.39. The maximum Gasteiger partial charge on any atom is 0.0871 e. The van der Waals surface area contributed by atoms with Gasteiger partial charge in [0.15, 0.2) is 0 Å². The standard InChI is InChI=1S/C15H17ClN2O/c1-10-6-12(8-13(16)7-10)15(19)14(9-17)11-2-4-18-5-3-11/h2-8,14-15,19H,9,17H2,1H3. The average Bonchev–Trinajstić information content (AvgIpc) is 2.39. The Kier molecular flexibility index (Phi) is 4.53. The highest BCUT2D eigenvalue weighted by Gasteiger charge is 2.21. The van der Waals surface area contributed by atoms with E-state index in [1.165, 1.54) is 0 Å². The van der Waals surface area contributed by atoms with Crippen molar-refractivity contribution in [1.29, 1.82) is 0 Å². The molecule has 3 nitrogen and oxygen atoms in total. The fraction of sp³-hybridized carbons (Fsp3) is 0.267. The highest BCUT2D eigenvalue weighted by molar-refractivity contribution is 6.30. The summed E-state index contributed by atoms with van der Waals surface area (Å²) in [5, 5.41) is 11.1. The van der Waals surface area contributed by atoms with Crippen molar-refractivity contribution in [2.75, 3.05) is 6.54 Å². The first kappa shape index (κ1) is 14.0. The monoisotopic (exact) mass is 276 g/mol. The van der Waals surface area contributed by atoms with E-state index in [2.05, 4.69) is 4.98 Å². The van der Waals surface area contributed by atoms with Crippen LogP contribution >= 0.6 is 11.6 Å². The normalized spacial score (nSPS) is 14.1. The van der Waals surface area contributed by atoms with Gasteiger partial charge < -0.3 is 10.8 Å². The van der Waals surface area contributed by atoms with Crippen LogP contribution in [-0.2, 0) is 0 Å². The van der Waals surface area contributed by atoms with Crippen molar-refractivity contribution >= 4 is 11.6 Å². The Morgan fingerprint density at radius 1 is 1.21 bits per heavy atom. The summed E-state index contributed by atoms with van der Waals surface area (Å²) in [6.07, 6.45) is 2.73. The number of nitrogens with zero attached hydrogens (tertiary/aromatic N) is 1. The van der Waals surface area contributed by atoms with E-state index in [1.54, 1.807) is 18.5 Å². The van der Waals surface area contributed by atoms with E-state index in [-0.39, 0.29) is 5.92 Å². The molecule has 0 saturated carbocycles. The second kappa shape index (κ2) is 6.15. The minimum atomic E-state index is -0.676. The second-order valence-electron chi connectivity index (χ2n) is 4.63. The van der Waals surface area contributed by atoms with E-state index in [9.17, 15) is 5.11 Å². The Bertz CT molecular complexity index is 525. The Balaban J connectivity index is 2.33. The lowest BCUT2D eigenvalue weighted by Gasteiger charge is -2.22. The zero-order chi connectivity index (χ0) is 13.8. The summed E-state index contributed by atoms with van der Waals surface area (Å²) in [6, 6.07) is 9.32. The van der Waals surface area contributed by atoms with E-state index < -0.39 is 6.10 Å². The number of halogens is 1. The van der Waals surface area contributed by atoms with Gasteiger partial charge in [-0.25, -0.2) is 0 Å². The molecule has 0 spiro atoms. The van der Waals surface area contributed by atoms with Gasteiger partial charge in [-0.05, 0) is 47.9 Å². The molecule has 100 valence electrons. The van der Waals surface area contributed by atoms with Crippen LogP contribution in [0.1, 0.15) is 28.7 Å². The molecule has 4 heteroatoms. The molecular formula is C15H17ClN2O. The lowest BCUT2D eigenvalue weighted by Crippen LogP contribution is -2.20. The van der Waals surface area contributed by atoms with Crippen LogP contribution in [-0.4, -0.2) is 16.6 Å². The van der Waals surface area contributed by atoms with Crippen LogP contribution < -0.4 is 5.73 Å². The van der Waals surface area contributed by atoms with Crippen molar-refractivity contribution in [1.82, 2.24) is 4.98 Å². The highest BCUT2D eigenvalue weighted by atomic mass is 35.5. The number of hydrogen-bond donors (Lipinski definition) is 2. The van der Waals surface area contributed by atoms with E-state index in [1.807, 2.05) is 31.2 Å². The molecule has 2 aromatic rings. The summed E-state index contributed by atoms with van der Waals surface area (Å²) in [6.45, 7) is 2.31. The van der Waals surface area contributed by atoms with Gasteiger partial charge in [0.05, 0.1) is 6.10 Å². The Morgan fingerprint density at radius 3 is 2.47 bits per heavy atom. The number of hydrogen-bond acceptors (Lipinski definition) is 3. The third kappa shape index (κ3) is 3.32. The molecule has 2 unspecified atom stereocenters. The predicted molar refractivity (Wildman–Crippen MR) is 77.2 cm³/mol. The summed E-state index contributed by atoms with van der Waals surface area (Å²) in [5.74, 6) is -0.166. The van der Waals surface area contributed by atoms with Crippen molar-refractivity contribution in [2.24, 2.45) is 5.73 Å². The summed E-state index contributed by atoms with van der Waals surface area (Å²) < 4.78 is 0. The lowest BCUT2D eigenvalue weighted by atomic mass is 9.89. The summed E-state index contributed by atoms with van der Waals surface area (Å²) in [5.41, 5.74) is 8.59. The number of pyridine rings is 1. The van der Waals surface area contributed by atoms with Gasteiger partial charge in [0.25, 0.3) is 0 Å². The summed E-state index contributed by atoms with van der Waals surface area (Å²) in [7, 11) is 0. The third-order valence-electron chi connectivity index (χ3n) is 3.18. The van der Waals surface area contributed by atoms with Gasteiger partial charge in [0.1, 0.15) is 0 Å². The molecule has 1 heterocycles. The fourth-order valence-corrected chi connectivity index (χ4v) is 2.52. The lowest BCUT2D eigenvalue weighted by molar-refractivity contribution is 0.147. The molecule has 0 saturated heterocycles. The maximum absolute atomic E-state index is 10.5. The van der Waals surface area contributed by atoms with Gasteiger partial charge in [0.2, 0.25) is 0 Å². The average molecular weight is 277 g/mol. The summed E-state index contributed by atoms with van der Waals surface area (Å²) >= 11 is 6.04. The number of aliphatic hydroxyl groups is 1. The molecule has 1 aromatic heterocycles. The summed E-state index contributed by atoms with van der Waals surface area (Å²) in [4.78, 5) is 3.98. The molecule has 19 heavy (non-hydrogen) atoms. The number of rotatable bonds is 4. The first-order valence-electron chi connectivity index (χ1n) is 6.17. The van der Waals surface area contributed by atoms with E-state index in [0.29, 0.717) is 11.6 Å². The van der Waals surface area contributed by atoms with Crippen LogP contribution in [0, 0.1) is 6.92 Å². The molecule has 1 aromatic carbocycles. The van der Waals surface area contributed by atoms with Crippen molar-refractivity contribution in [3.8, 4) is 0 Å². The number of aryl methyl sites for hydroxylation is 1. The fourth-order valence-electron chi connectivity index (χ4n) is 2.23. The smallest absolute Gasteiger partial charge is 0.0871 e. The molecule has 0 amide bonds. The van der Waals surface area contributed by atoms with Crippen LogP contribution in [0.3, 0.4) is 0 Å². The molecule has 0 aliphatic heterocycles. The van der Waals surface area contributed by atoms with Gasteiger partial charge >= 0.3 is 0 Å². The first-order chi connectivity index (χ1) is 9.11. The SMILES string of the molecule is Cc1cc(Cl)cc(C(O)C(CN)c2ccncc2)c1. The number of nitrogens with two attached hydrogens (primary N) is 1. The maximum atomic E-state index is 10.5. The van der Waals surface area contributed by atoms with Crippen LogP contribution in [0.15, 0.2) is 42.7 Å². The molecule has 2 atom stereocenters. The largest absolute Gasteiger partial charge is 0.388 e. The number of aromatic nitrogens is 1. The topological polar surface area (TPSA) is 59.1 Å². The first-order valence-corrected chi connectivity index (χ1v) is 6.54. The van der Waals surface area contributed by atoms with Crippen LogP contribution in [0.5, 0.6) is 0 Å². The molecule has 2 rings (SSSR count). The van der Waals surface area contributed by atoms with Crippen LogP contribution in [0.4, 0.5) is 0 Å². The number of aliphatic hydroxyl groups excluding tert-OH is 1. The Labute approximate surface area is 118 Å². The molecule has 0 bridgehead atoms. The van der Waals surface area contributed by atoms with Crippen LogP contribution in [0.2, 0.25) is 5.02 Å². The Morgan fingerprint density at radius 2 is 1.89 bits per heavy atom. The van der Waals surface area contributed by atoms with Gasteiger partial charge in [0, 0.05) is 29.9 Å². The predicted octanol–water partition coefficient (Wildman–Crippen LogP) is 2.82. The van der Waals surface area contributed by atoms with Gasteiger partial charge in [-0.1, -0.05) is 17.7 Å². The van der Waals surface area contributed by atoms with Crippen molar-refractivity contribution in [3.05, 3.63) is 64.4 Å². The molecule has 0 aliphatic carbocycles. The van der Waals surface area contributed by atoms with Gasteiger partial charge in [-0.2, -0.15) is 0 Å². The van der Waals surface area contributed by atoms with E-state index in [0.717, 1.165) is 16.7 Å². The second-order valence-corrected chi connectivity index (χ2v) is 5.07. The van der Waals surface area contributed by atoms with Crippen molar-refractivity contribution in [3.63, 3.8) is 0 Å². The highest BCUT2D eigenvalue weighted by Crippen LogP contribution is 2.31. The Hall–Kier alpha value is -1.42. The number of benzene rings is 1. The zero-order valence-electron chi connectivity index (χ0n) is 10.8. The van der Waals surface area contributed by atoms with Gasteiger partial charge in [-0.15, -0.1) is 0 Å². The molecule has 0 fully saturated rings. The minimum Gasteiger partial charge on any atom is -0.388 e. The molecule has 3 N–H and O–H groups in total. The van der Waals surface area contributed by atoms with E-state index in [4.69, 9.17) is 17.3 Å². The van der Waals surface area contributed by atoms with Crippen molar-refractivity contribution in [2.45, 2.75) is 18.9 Å². The van der Waals surface area contributed by atoms with Gasteiger partial charge in [-0.3, -0.25) is 4.98 Å². The van der Waals surface area contributed by atoms with Crippen molar-refractivity contribution < 1.29 is 5.11 Å². The molecule has 0 aliphatic rings. The minimum absolute atomic E-state index is 0.166. The van der Waals surface area contributed by atoms with E-state index >= 15 is 0 Å². The van der Waals surface area contributed by atoms with Crippen LogP contribution in [0.25, 0.3) is 0 Å². The molecule has 0 radical (unpaired) electrons. The quantitative estimate of drug-likeness (QED) is 0.903. The zero-order valence-corrected chi connectivity index (χ0v) is 11.5.